The Hall–Kier alpha value is -4.78. The second-order valence-corrected chi connectivity index (χ2v) is 10.3. The summed E-state index contributed by atoms with van der Waals surface area (Å²) in [4.78, 5) is 51.4. The van der Waals surface area contributed by atoms with Crippen LogP contribution in [0.25, 0.3) is 0 Å². The molecule has 0 unspecified atom stereocenters. The van der Waals surface area contributed by atoms with Crippen LogP contribution >= 0.6 is 15.9 Å². The number of carbonyl (C=O) groups is 3. The maximum absolute atomic E-state index is 13.6. The van der Waals surface area contributed by atoms with Gasteiger partial charge in [0.1, 0.15) is 6.54 Å². The maximum atomic E-state index is 13.6. The molecule has 0 aliphatic carbocycles. The fraction of sp³-hybridized carbons (Fsp3) is 0.185. The first-order valence-electron chi connectivity index (χ1n) is 12.3. The lowest BCUT2D eigenvalue weighted by Gasteiger charge is -2.25. The van der Waals surface area contributed by atoms with E-state index in [2.05, 4.69) is 31.4 Å². The van der Waals surface area contributed by atoms with E-state index in [-0.39, 0.29) is 24.0 Å². The molecule has 40 heavy (non-hydrogen) atoms. The molecule has 200 valence electrons. The molecular formula is C27H20BrN7O5. The summed E-state index contributed by atoms with van der Waals surface area (Å²) in [6, 6.07) is 19.7. The number of rotatable bonds is 6. The third kappa shape index (κ3) is 4.43. The Kier molecular flexibility index (Phi) is 6.42. The van der Waals surface area contributed by atoms with Crippen LogP contribution in [0.5, 0.6) is 0 Å². The summed E-state index contributed by atoms with van der Waals surface area (Å²) in [6.07, 6.45) is 0.496. The van der Waals surface area contributed by atoms with Gasteiger partial charge in [-0.1, -0.05) is 63.6 Å². The van der Waals surface area contributed by atoms with Gasteiger partial charge >= 0.3 is 0 Å². The minimum Gasteiger partial charge on any atom is -0.271 e. The van der Waals surface area contributed by atoms with Crippen LogP contribution in [0.4, 0.5) is 11.4 Å². The zero-order valence-electron chi connectivity index (χ0n) is 20.7. The molecule has 3 heterocycles. The van der Waals surface area contributed by atoms with E-state index < -0.39 is 34.7 Å². The monoisotopic (exact) mass is 601 g/mol. The minimum absolute atomic E-state index is 0.170. The molecule has 3 aromatic carbocycles. The van der Waals surface area contributed by atoms with E-state index in [1.54, 1.807) is 0 Å². The lowest BCUT2D eigenvalue weighted by atomic mass is 9.98. The smallest absolute Gasteiger partial charge is 0.269 e. The van der Waals surface area contributed by atoms with Crippen LogP contribution < -0.4 is 4.90 Å². The number of anilines is 1. The van der Waals surface area contributed by atoms with E-state index >= 15 is 0 Å². The second-order valence-electron chi connectivity index (χ2n) is 9.40. The van der Waals surface area contributed by atoms with Gasteiger partial charge in [-0.25, -0.2) is 9.91 Å². The van der Waals surface area contributed by atoms with Gasteiger partial charge in [-0.2, -0.15) is 10.2 Å². The van der Waals surface area contributed by atoms with Gasteiger partial charge in [0.15, 0.2) is 12.1 Å². The molecule has 0 spiro atoms. The number of hydrogen-bond acceptors (Lipinski definition) is 9. The fourth-order valence-corrected chi connectivity index (χ4v) is 5.30. The standard InChI is InChI=1S/C27H20BrN7O5/c28-18-8-6-16(7-9-18)21-14-22(17-4-2-1-3-5-17)34(30-21)23(36)15-32-25-24(29-31-32)26(37)33(27(25)38)19-10-12-20(13-11-19)35(39)40/h1-13,22,24-25H,14-15H2/t22-,24+,25+/m0/s1. The first-order valence-corrected chi connectivity index (χ1v) is 13.1. The summed E-state index contributed by atoms with van der Waals surface area (Å²) < 4.78 is 0.926. The summed E-state index contributed by atoms with van der Waals surface area (Å²) >= 11 is 3.43. The van der Waals surface area contributed by atoms with Crippen LogP contribution in [0.2, 0.25) is 0 Å². The number of nitro groups is 1. The first-order chi connectivity index (χ1) is 19.3. The Balaban J connectivity index is 1.24. The van der Waals surface area contributed by atoms with Crippen LogP contribution in [-0.2, 0) is 14.4 Å². The molecule has 6 rings (SSSR count). The van der Waals surface area contributed by atoms with Crippen molar-refractivity contribution in [3.05, 3.63) is 105 Å². The molecule has 0 bridgehead atoms. The molecule has 3 aromatic rings. The van der Waals surface area contributed by atoms with Crippen molar-refractivity contribution in [1.29, 1.82) is 0 Å². The van der Waals surface area contributed by atoms with E-state index in [0.717, 1.165) is 26.2 Å². The Labute approximate surface area is 235 Å². The van der Waals surface area contributed by atoms with Gasteiger partial charge in [-0.3, -0.25) is 29.5 Å². The van der Waals surface area contributed by atoms with Crippen molar-refractivity contribution in [2.75, 3.05) is 11.4 Å². The third-order valence-corrected chi connectivity index (χ3v) is 7.53. The van der Waals surface area contributed by atoms with Crippen molar-refractivity contribution in [2.24, 2.45) is 15.4 Å². The average molecular weight is 602 g/mol. The van der Waals surface area contributed by atoms with Crippen molar-refractivity contribution in [1.82, 2.24) is 10.0 Å². The lowest BCUT2D eigenvalue weighted by molar-refractivity contribution is -0.384. The summed E-state index contributed by atoms with van der Waals surface area (Å²) in [6.45, 7) is -0.321. The largest absolute Gasteiger partial charge is 0.271 e. The quantitative estimate of drug-likeness (QED) is 0.237. The second kappa shape index (κ2) is 10.1. The van der Waals surface area contributed by atoms with Crippen LogP contribution in [0, 0.1) is 10.1 Å². The van der Waals surface area contributed by atoms with Gasteiger partial charge in [0.2, 0.25) is 0 Å². The number of hydrazone groups is 1. The van der Waals surface area contributed by atoms with Gasteiger partial charge in [-0.15, -0.1) is 0 Å². The normalized spacial score (nSPS) is 21.7. The molecule has 3 amide bonds. The molecule has 13 heteroatoms. The van der Waals surface area contributed by atoms with E-state index in [1.165, 1.54) is 34.3 Å². The molecular weight excluding hydrogens is 582 g/mol. The first kappa shape index (κ1) is 25.5. The van der Waals surface area contributed by atoms with E-state index in [1.807, 2.05) is 54.6 Å². The van der Waals surface area contributed by atoms with Crippen LogP contribution in [0.15, 0.2) is 98.8 Å². The maximum Gasteiger partial charge on any atom is 0.269 e. The Morgan fingerprint density at radius 1 is 0.975 bits per heavy atom. The molecule has 12 nitrogen and oxygen atoms in total. The fourth-order valence-electron chi connectivity index (χ4n) is 5.03. The van der Waals surface area contributed by atoms with Gasteiger partial charge in [0, 0.05) is 23.0 Å². The van der Waals surface area contributed by atoms with Crippen molar-refractivity contribution in [3.63, 3.8) is 0 Å². The van der Waals surface area contributed by atoms with Gasteiger partial charge < -0.3 is 0 Å². The van der Waals surface area contributed by atoms with Crippen molar-refractivity contribution in [3.8, 4) is 0 Å². The summed E-state index contributed by atoms with van der Waals surface area (Å²) in [5.74, 6) is -1.63. The number of nitro benzene ring substituents is 1. The van der Waals surface area contributed by atoms with E-state index in [9.17, 15) is 24.5 Å². The number of fused-ring (bicyclic) bond motifs is 1. The van der Waals surface area contributed by atoms with Crippen molar-refractivity contribution in [2.45, 2.75) is 24.5 Å². The van der Waals surface area contributed by atoms with E-state index in [0.29, 0.717) is 6.42 Å². The molecule has 1 fully saturated rings. The summed E-state index contributed by atoms with van der Waals surface area (Å²) in [5, 5.41) is 26.2. The molecule has 0 aromatic heterocycles. The highest BCUT2D eigenvalue weighted by atomic mass is 79.9. The van der Waals surface area contributed by atoms with Crippen molar-refractivity contribution < 1.29 is 19.3 Å². The number of halogens is 1. The number of imide groups is 1. The van der Waals surface area contributed by atoms with Crippen molar-refractivity contribution >= 4 is 50.7 Å². The number of nitrogens with zero attached hydrogens (tertiary/aromatic N) is 7. The SMILES string of the molecule is O=C1[C@@H]2N=NN(CC(=O)N3N=C(c4ccc(Br)cc4)C[C@H]3c3ccccc3)[C@H]2C(=O)N1c1ccc([N+](=O)[O-])cc1. The van der Waals surface area contributed by atoms with Gasteiger partial charge in [0.05, 0.1) is 22.4 Å². The zero-order valence-corrected chi connectivity index (χ0v) is 22.3. The zero-order chi connectivity index (χ0) is 28.0. The van der Waals surface area contributed by atoms with Crippen LogP contribution in [0.3, 0.4) is 0 Å². The molecule has 3 aliphatic heterocycles. The molecule has 0 radical (unpaired) electrons. The molecule has 1 saturated heterocycles. The Morgan fingerprint density at radius 3 is 2.35 bits per heavy atom. The number of amides is 3. The highest BCUT2D eigenvalue weighted by molar-refractivity contribution is 9.10. The molecule has 3 atom stereocenters. The van der Waals surface area contributed by atoms with E-state index in [4.69, 9.17) is 0 Å². The summed E-state index contributed by atoms with van der Waals surface area (Å²) in [5.41, 5.74) is 2.55. The highest BCUT2D eigenvalue weighted by Crippen LogP contribution is 2.35. The number of carbonyl (C=O) groups excluding carboxylic acids is 3. The van der Waals surface area contributed by atoms with Gasteiger partial charge in [-0.05, 0) is 35.4 Å². The summed E-state index contributed by atoms with van der Waals surface area (Å²) in [7, 11) is 0. The number of non-ortho nitro benzene ring substituents is 1. The molecule has 3 aliphatic rings. The number of benzene rings is 3. The highest BCUT2D eigenvalue weighted by Gasteiger charge is 2.55. The lowest BCUT2D eigenvalue weighted by Crippen LogP contribution is -2.44. The third-order valence-electron chi connectivity index (χ3n) is 7.00. The topological polar surface area (TPSA) is 141 Å². The average Bonchev–Trinajstić information content (AvgIpc) is 3.65. The predicted octanol–water partition coefficient (Wildman–Crippen LogP) is 4.03. The van der Waals surface area contributed by atoms with Crippen LogP contribution in [-0.4, -0.2) is 57.0 Å². The van der Waals surface area contributed by atoms with Crippen LogP contribution in [0.1, 0.15) is 23.6 Å². The Morgan fingerprint density at radius 2 is 1.68 bits per heavy atom. The minimum atomic E-state index is -1.11. The predicted molar refractivity (Wildman–Crippen MR) is 146 cm³/mol. The molecule has 0 saturated carbocycles. The number of hydrogen-bond donors (Lipinski definition) is 0. The Bertz CT molecular complexity index is 1580. The van der Waals surface area contributed by atoms with Gasteiger partial charge in [0.25, 0.3) is 23.4 Å². The molecule has 0 N–H and O–H groups in total.